The summed E-state index contributed by atoms with van der Waals surface area (Å²) in [6.45, 7) is 1.31. The number of nitrogens with zero attached hydrogens (tertiary/aromatic N) is 1. The lowest BCUT2D eigenvalue weighted by atomic mass is 10.1. The number of likely N-dealkylation sites (tertiary alicyclic amines) is 1. The van der Waals surface area contributed by atoms with Crippen molar-refractivity contribution in [1.29, 1.82) is 0 Å². The number of hydrogen-bond acceptors (Lipinski definition) is 3. The topological polar surface area (TPSA) is 60.8 Å². The predicted octanol–water partition coefficient (Wildman–Crippen LogP) is 1.61. The number of rotatable bonds is 2. The second kappa shape index (κ2) is 5.06. The Morgan fingerprint density at radius 3 is 2.88 bits per heavy atom. The standard InChI is InChI=1S/C12H14BrNO3/c13-9-1-2-10(11(16)5-9)12(17)14-4-3-8(6-14)7-15/h1-2,5,8,15-16H,3-4,6-7H2. The summed E-state index contributed by atoms with van der Waals surface area (Å²) >= 11 is 3.23. The molecule has 17 heavy (non-hydrogen) atoms. The molecule has 2 rings (SSSR count). The Morgan fingerprint density at radius 1 is 1.53 bits per heavy atom. The molecular weight excluding hydrogens is 286 g/mol. The monoisotopic (exact) mass is 299 g/mol. The Bertz CT molecular complexity index is 436. The lowest BCUT2D eigenvalue weighted by Gasteiger charge is -2.16. The fourth-order valence-electron chi connectivity index (χ4n) is 2.02. The third-order valence-corrected chi connectivity index (χ3v) is 3.51. The lowest BCUT2D eigenvalue weighted by molar-refractivity contribution is 0.0779. The quantitative estimate of drug-likeness (QED) is 0.872. The largest absolute Gasteiger partial charge is 0.507 e. The zero-order valence-electron chi connectivity index (χ0n) is 9.27. The van der Waals surface area contributed by atoms with Crippen molar-refractivity contribution in [2.75, 3.05) is 19.7 Å². The van der Waals surface area contributed by atoms with Crippen LogP contribution >= 0.6 is 15.9 Å². The van der Waals surface area contributed by atoms with Gasteiger partial charge in [-0.05, 0) is 24.6 Å². The number of benzene rings is 1. The molecule has 1 heterocycles. The Labute approximate surface area is 108 Å². The van der Waals surface area contributed by atoms with E-state index in [2.05, 4.69) is 15.9 Å². The van der Waals surface area contributed by atoms with Gasteiger partial charge in [0.1, 0.15) is 5.75 Å². The molecule has 0 spiro atoms. The van der Waals surface area contributed by atoms with Crippen LogP contribution in [-0.4, -0.2) is 40.7 Å². The van der Waals surface area contributed by atoms with Crippen LogP contribution < -0.4 is 0 Å². The molecule has 0 saturated carbocycles. The van der Waals surface area contributed by atoms with Crippen molar-refractivity contribution >= 4 is 21.8 Å². The lowest BCUT2D eigenvalue weighted by Crippen LogP contribution is -2.29. The van der Waals surface area contributed by atoms with Crippen LogP contribution in [0.2, 0.25) is 0 Å². The molecule has 1 fully saturated rings. The average Bonchev–Trinajstić information content (AvgIpc) is 2.76. The number of amides is 1. The number of aliphatic hydroxyl groups is 1. The number of phenols is 1. The van der Waals surface area contributed by atoms with Crippen molar-refractivity contribution in [3.8, 4) is 5.75 Å². The fraction of sp³-hybridized carbons (Fsp3) is 0.417. The van der Waals surface area contributed by atoms with Crippen molar-refractivity contribution < 1.29 is 15.0 Å². The van der Waals surface area contributed by atoms with Crippen LogP contribution in [0.15, 0.2) is 22.7 Å². The smallest absolute Gasteiger partial charge is 0.257 e. The summed E-state index contributed by atoms with van der Waals surface area (Å²) in [4.78, 5) is 13.8. The minimum Gasteiger partial charge on any atom is -0.507 e. The summed E-state index contributed by atoms with van der Waals surface area (Å²) < 4.78 is 0.737. The van der Waals surface area contributed by atoms with Gasteiger partial charge in [0.15, 0.2) is 0 Å². The summed E-state index contributed by atoms with van der Waals surface area (Å²) in [6, 6.07) is 4.84. The fourth-order valence-corrected chi connectivity index (χ4v) is 2.37. The number of aromatic hydroxyl groups is 1. The van der Waals surface area contributed by atoms with Crippen molar-refractivity contribution in [2.45, 2.75) is 6.42 Å². The van der Waals surface area contributed by atoms with E-state index in [0.29, 0.717) is 18.7 Å². The second-order valence-corrected chi connectivity index (χ2v) is 5.17. The molecule has 1 aliphatic heterocycles. The van der Waals surface area contributed by atoms with Crippen LogP contribution in [0.5, 0.6) is 5.75 Å². The van der Waals surface area contributed by atoms with Crippen molar-refractivity contribution in [3.63, 3.8) is 0 Å². The third-order valence-electron chi connectivity index (χ3n) is 3.02. The van der Waals surface area contributed by atoms with Crippen LogP contribution in [-0.2, 0) is 0 Å². The van der Waals surface area contributed by atoms with Gasteiger partial charge in [0.05, 0.1) is 5.56 Å². The van der Waals surface area contributed by atoms with Crippen molar-refractivity contribution in [2.24, 2.45) is 5.92 Å². The molecule has 1 unspecified atom stereocenters. The minimum absolute atomic E-state index is 0.0168. The Hall–Kier alpha value is -1.07. The first kappa shape index (κ1) is 12.4. The van der Waals surface area contributed by atoms with Gasteiger partial charge in [0.25, 0.3) is 5.91 Å². The highest BCUT2D eigenvalue weighted by Gasteiger charge is 2.27. The zero-order chi connectivity index (χ0) is 12.4. The van der Waals surface area contributed by atoms with Crippen LogP contribution in [0.1, 0.15) is 16.8 Å². The van der Waals surface area contributed by atoms with Gasteiger partial charge in [0, 0.05) is 30.1 Å². The minimum atomic E-state index is -0.175. The maximum atomic E-state index is 12.1. The molecule has 1 atom stereocenters. The predicted molar refractivity (Wildman–Crippen MR) is 66.9 cm³/mol. The highest BCUT2D eigenvalue weighted by atomic mass is 79.9. The molecule has 0 aliphatic carbocycles. The van der Waals surface area contributed by atoms with Gasteiger partial charge in [-0.25, -0.2) is 0 Å². The van der Waals surface area contributed by atoms with Crippen LogP contribution in [0.4, 0.5) is 0 Å². The molecule has 0 bridgehead atoms. The van der Waals surface area contributed by atoms with E-state index in [0.717, 1.165) is 10.9 Å². The molecule has 1 aliphatic rings. The van der Waals surface area contributed by atoms with Gasteiger partial charge < -0.3 is 15.1 Å². The molecule has 1 saturated heterocycles. The van der Waals surface area contributed by atoms with Crippen molar-refractivity contribution in [3.05, 3.63) is 28.2 Å². The van der Waals surface area contributed by atoms with Gasteiger partial charge in [-0.1, -0.05) is 15.9 Å². The highest BCUT2D eigenvalue weighted by Crippen LogP contribution is 2.25. The molecule has 1 aromatic carbocycles. The number of halogens is 1. The van der Waals surface area contributed by atoms with Gasteiger partial charge >= 0.3 is 0 Å². The van der Waals surface area contributed by atoms with E-state index < -0.39 is 0 Å². The Morgan fingerprint density at radius 2 is 2.29 bits per heavy atom. The molecule has 0 aromatic heterocycles. The number of phenolic OH excluding ortho intramolecular Hbond substituents is 1. The van der Waals surface area contributed by atoms with Gasteiger partial charge in [-0.15, -0.1) is 0 Å². The van der Waals surface area contributed by atoms with Gasteiger partial charge in [-0.2, -0.15) is 0 Å². The van der Waals surface area contributed by atoms with Crippen LogP contribution in [0, 0.1) is 5.92 Å². The number of hydrogen-bond donors (Lipinski definition) is 2. The summed E-state index contributed by atoms with van der Waals surface area (Å²) in [5.74, 6) is -0.0284. The zero-order valence-corrected chi connectivity index (χ0v) is 10.9. The SMILES string of the molecule is O=C(c1ccc(Br)cc1O)N1CCC(CO)C1. The van der Waals surface area contributed by atoms with Gasteiger partial charge in [0.2, 0.25) is 0 Å². The Balaban J connectivity index is 2.15. The first-order valence-corrected chi connectivity index (χ1v) is 6.29. The van der Waals surface area contributed by atoms with E-state index in [1.807, 2.05) is 0 Å². The second-order valence-electron chi connectivity index (χ2n) is 4.25. The number of carbonyl (C=O) groups excluding carboxylic acids is 1. The molecule has 1 amide bonds. The molecule has 1 aromatic rings. The molecule has 4 nitrogen and oxygen atoms in total. The van der Waals surface area contributed by atoms with E-state index in [1.165, 1.54) is 6.07 Å². The number of carbonyl (C=O) groups is 1. The molecule has 92 valence electrons. The summed E-state index contributed by atoms with van der Waals surface area (Å²) in [7, 11) is 0. The highest BCUT2D eigenvalue weighted by molar-refractivity contribution is 9.10. The summed E-state index contributed by atoms with van der Waals surface area (Å²) in [5, 5.41) is 18.8. The normalized spacial score (nSPS) is 19.6. The first-order chi connectivity index (χ1) is 8.11. The molecule has 5 heteroatoms. The number of aliphatic hydroxyl groups excluding tert-OH is 1. The summed E-state index contributed by atoms with van der Waals surface area (Å²) in [6.07, 6.45) is 0.819. The van der Waals surface area contributed by atoms with E-state index in [-0.39, 0.29) is 24.2 Å². The maximum Gasteiger partial charge on any atom is 0.257 e. The van der Waals surface area contributed by atoms with E-state index >= 15 is 0 Å². The molecule has 2 N–H and O–H groups in total. The van der Waals surface area contributed by atoms with E-state index in [9.17, 15) is 9.90 Å². The van der Waals surface area contributed by atoms with Crippen molar-refractivity contribution in [1.82, 2.24) is 4.90 Å². The van der Waals surface area contributed by atoms with E-state index in [4.69, 9.17) is 5.11 Å². The van der Waals surface area contributed by atoms with Crippen LogP contribution in [0.3, 0.4) is 0 Å². The molecular formula is C12H14BrNO3. The summed E-state index contributed by atoms with van der Waals surface area (Å²) in [5.41, 5.74) is 0.312. The van der Waals surface area contributed by atoms with E-state index in [1.54, 1.807) is 17.0 Å². The van der Waals surface area contributed by atoms with Gasteiger partial charge in [-0.3, -0.25) is 4.79 Å². The van der Waals surface area contributed by atoms with Crippen LogP contribution in [0.25, 0.3) is 0 Å². The maximum absolute atomic E-state index is 12.1. The third kappa shape index (κ3) is 2.61. The average molecular weight is 300 g/mol. The molecule has 0 radical (unpaired) electrons. The first-order valence-electron chi connectivity index (χ1n) is 5.50. The Kier molecular flexibility index (Phi) is 3.69.